The van der Waals surface area contributed by atoms with Crippen LogP contribution >= 0.6 is 0 Å². The minimum Gasteiger partial charge on any atom is 0 e. The molecule has 0 spiro atoms. The molecule has 0 bridgehead atoms. The summed E-state index contributed by atoms with van der Waals surface area (Å²) in [7, 11) is 0. The second kappa shape index (κ2) is 16.3. The van der Waals surface area contributed by atoms with Crippen LogP contribution in [-0.4, -0.2) is 48.9 Å². The summed E-state index contributed by atoms with van der Waals surface area (Å²) in [5, 5.41) is 0. The fraction of sp³-hybridized carbons (Fsp3) is 0. The molecule has 0 N–H and O–H groups in total. The molecule has 0 aromatic carbocycles. The van der Waals surface area contributed by atoms with Crippen LogP contribution in [0.4, 0.5) is 0 Å². The van der Waals surface area contributed by atoms with Gasteiger partial charge in [-0.2, -0.15) is 0 Å². The third-order valence-electron chi connectivity index (χ3n) is 0. The maximum Gasteiger partial charge on any atom is 0 e. The van der Waals surface area contributed by atoms with Crippen molar-refractivity contribution in [2.45, 2.75) is 0 Å². The maximum absolute atomic E-state index is 0. The number of hydrogen-bond acceptors (Lipinski definition) is 0. The monoisotopic (exact) mass is 317 g/mol. The molecular formula is BaCrCuZn. The zero-order valence-electron chi connectivity index (χ0n) is 2.12. The predicted molar refractivity (Wildman–Crippen MR) is 5.75 cm³/mol. The Morgan fingerprint density at radius 3 is 1.00 bits per heavy atom. The van der Waals surface area contributed by atoms with Crippen molar-refractivity contribution in [3.8, 4) is 0 Å². The summed E-state index contributed by atoms with van der Waals surface area (Å²) in [5.74, 6) is 0. The van der Waals surface area contributed by atoms with Gasteiger partial charge in [-0.3, -0.25) is 0 Å². The molecule has 0 aromatic heterocycles. The van der Waals surface area contributed by atoms with Crippen LogP contribution in [0.2, 0.25) is 0 Å². The van der Waals surface area contributed by atoms with E-state index in [2.05, 4.69) is 0 Å². The molecule has 3 radical (unpaired) electrons. The second-order valence-corrected chi connectivity index (χ2v) is 0. The Kier molecular flexibility index (Phi) is 109. The minimum absolute atomic E-state index is 0. The van der Waals surface area contributed by atoms with E-state index in [1.165, 1.54) is 0 Å². The molecule has 0 saturated carbocycles. The fourth-order valence-electron chi connectivity index (χ4n) is 0. The fourth-order valence-corrected chi connectivity index (χ4v) is 0. The molecule has 0 rings (SSSR count). The second-order valence-electron chi connectivity index (χ2n) is 0. The van der Waals surface area contributed by atoms with Crippen molar-refractivity contribution in [3.63, 3.8) is 0 Å². The molecule has 21 valence electrons. The molecule has 0 aliphatic rings. The van der Waals surface area contributed by atoms with Crippen molar-refractivity contribution in [1.82, 2.24) is 0 Å². The van der Waals surface area contributed by atoms with E-state index in [4.69, 9.17) is 0 Å². The van der Waals surface area contributed by atoms with Crippen LogP contribution in [0.25, 0.3) is 0 Å². The summed E-state index contributed by atoms with van der Waals surface area (Å²) in [6, 6.07) is 0. The Morgan fingerprint density at radius 1 is 1.00 bits per heavy atom. The van der Waals surface area contributed by atoms with Crippen molar-refractivity contribution < 1.29 is 53.9 Å². The van der Waals surface area contributed by atoms with Crippen molar-refractivity contribution >= 4 is 48.9 Å². The largest absolute Gasteiger partial charge is 0 e. The zero-order chi connectivity index (χ0) is 0. The summed E-state index contributed by atoms with van der Waals surface area (Å²) < 4.78 is 0. The molecular weight excluding hydrogens is 318 g/mol. The van der Waals surface area contributed by atoms with Gasteiger partial charge >= 0.3 is 0 Å². The Hall–Kier alpha value is 3.25. The molecule has 0 heterocycles. The van der Waals surface area contributed by atoms with E-state index in [1.807, 2.05) is 0 Å². The molecule has 0 unspecified atom stereocenters. The first-order valence-corrected chi connectivity index (χ1v) is 0. The van der Waals surface area contributed by atoms with Crippen LogP contribution in [-0.2, 0) is 53.9 Å². The Morgan fingerprint density at radius 2 is 1.00 bits per heavy atom. The zero-order valence-corrected chi connectivity index (χ0v) is 11.7. The van der Waals surface area contributed by atoms with Crippen LogP contribution in [0.3, 0.4) is 0 Å². The minimum atomic E-state index is 0. The van der Waals surface area contributed by atoms with Gasteiger partial charge in [0.1, 0.15) is 0 Å². The van der Waals surface area contributed by atoms with E-state index in [-0.39, 0.29) is 103 Å². The first-order chi connectivity index (χ1) is 0. The molecule has 4 heavy (non-hydrogen) atoms. The van der Waals surface area contributed by atoms with Gasteiger partial charge in [0.05, 0.1) is 0 Å². The van der Waals surface area contributed by atoms with Gasteiger partial charge in [0.15, 0.2) is 0 Å². The first-order valence-electron chi connectivity index (χ1n) is 0. The molecule has 4 heteroatoms. The molecule has 0 fully saturated rings. The topological polar surface area (TPSA) is 0 Å². The van der Waals surface area contributed by atoms with E-state index in [0.717, 1.165) is 0 Å². The molecule has 0 aromatic rings. The smallest absolute Gasteiger partial charge is 0 e. The summed E-state index contributed by atoms with van der Waals surface area (Å²) in [5.41, 5.74) is 0. The SMILES string of the molecule is [Ba].[Cr].[Cu].[Zn]. The number of hydrogen-bond donors (Lipinski definition) is 0. The van der Waals surface area contributed by atoms with Gasteiger partial charge in [0.25, 0.3) is 0 Å². The van der Waals surface area contributed by atoms with E-state index >= 15 is 0 Å². The Balaban J connectivity index is 0. The summed E-state index contributed by atoms with van der Waals surface area (Å²) in [6.07, 6.45) is 0. The van der Waals surface area contributed by atoms with Crippen molar-refractivity contribution in [3.05, 3.63) is 0 Å². The standard InChI is InChI=1S/Ba.Cr.Cu.Zn. The first kappa shape index (κ1) is 26.8. The van der Waals surface area contributed by atoms with Gasteiger partial charge in [0.2, 0.25) is 0 Å². The van der Waals surface area contributed by atoms with Gasteiger partial charge in [-0.1, -0.05) is 0 Å². The maximum atomic E-state index is 0. The third-order valence-corrected chi connectivity index (χ3v) is 0. The predicted octanol–water partition coefficient (Wildman–Crippen LogP) is -0.388. The van der Waals surface area contributed by atoms with Crippen molar-refractivity contribution in [2.75, 3.05) is 0 Å². The molecule has 0 atom stereocenters. The van der Waals surface area contributed by atoms with Gasteiger partial charge in [-0.05, 0) is 0 Å². The third kappa shape index (κ3) is 8.98. The van der Waals surface area contributed by atoms with Crippen LogP contribution < -0.4 is 0 Å². The summed E-state index contributed by atoms with van der Waals surface area (Å²) in [4.78, 5) is 0. The van der Waals surface area contributed by atoms with Gasteiger partial charge in [-0.15, -0.1) is 0 Å². The van der Waals surface area contributed by atoms with E-state index in [0.29, 0.717) is 0 Å². The summed E-state index contributed by atoms with van der Waals surface area (Å²) >= 11 is 0. The number of rotatable bonds is 0. The van der Waals surface area contributed by atoms with Crippen LogP contribution in [0.1, 0.15) is 0 Å². The Labute approximate surface area is 100 Å². The van der Waals surface area contributed by atoms with Gasteiger partial charge < -0.3 is 0 Å². The average Bonchev–Trinajstić information content (AvgIpc) is 0. The molecule has 0 aliphatic carbocycles. The average molecular weight is 318 g/mol. The van der Waals surface area contributed by atoms with Gasteiger partial charge in [0, 0.05) is 103 Å². The molecule has 0 amide bonds. The van der Waals surface area contributed by atoms with Gasteiger partial charge in [-0.25, -0.2) is 0 Å². The molecule has 0 aliphatic heterocycles. The van der Waals surface area contributed by atoms with E-state index < -0.39 is 0 Å². The van der Waals surface area contributed by atoms with Crippen LogP contribution in [0.5, 0.6) is 0 Å². The molecule has 0 nitrogen and oxygen atoms in total. The van der Waals surface area contributed by atoms with Crippen LogP contribution in [0.15, 0.2) is 0 Å². The molecule has 0 saturated heterocycles. The van der Waals surface area contributed by atoms with E-state index in [1.54, 1.807) is 0 Å². The Bertz CT molecular complexity index is 8.00. The van der Waals surface area contributed by atoms with Crippen molar-refractivity contribution in [1.29, 1.82) is 0 Å². The van der Waals surface area contributed by atoms with Crippen LogP contribution in [0, 0.1) is 0 Å². The van der Waals surface area contributed by atoms with Crippen molar-refractivity contribution in [2.24, 2.45) is 0 Å². The summed E-state index contributed by atoms with van der Waals surface area (Å²) in [6.45, 7) is 0. The van der Waals surface area contributed by atoms with E-state index in [9.17, 15) is 0 Å². The quantitative estimate of drug-likeness (QED) is 0.534. The normalized spacial score (nSPS) is 0.